The molecule has 1 aromatic carbocycles. The summed E-state index contributed by atoms with van der Waals surface area (Å²) in [4.78, 5) is 0. The summed E-state index contributed by atoms with van der Waals surface area (Å²) >= 11 is 0. The smallest absolute Gasteiger partial charge is 0.161 e. The van der Waals surface area contributed by atoms with E-state index in [1.807, 2.05) is 31.2 Å². The fourth-order valence-corrected chi connectivity index (χ4v) is 1.66. The minimum atomic E-state index is -0.209. The van der Waals surface area contributed by atoms with Gasteiger partial charge < -0.3 is 18.9 Å². The molecule has 4 nitrogen and oxygen atoms in total. The van der Waals surface area contributed by atoms with Crippen molar-refractivity contribution < 1.29 is 18.9 Å². The molecule has 1 rings (SSSR count). The van der Waals surface area contributed by atoms with Crippen molar-refractivity contribution in [2.24, 2.45) is 0 Å². The second kappa shape index (κ2) is 10.5. The van der Waals surface area contributed by atoms with Crippen molar-refractivity contribution in [3.8, 4) is 11.5 Å². The van der Waals surface area contributed by atoms with Gasteiger partial charge in [-0.15, -0.1) is 0 Å². The van der Waals surface area contributed by atoms with Gasteiger partial charge in [0, 0.05) is 7.11 Å². The van der Waals surface area contributed by atoms with E-state index in [2.05, 4.69) is 6.92 Å². The highest BCUT2D eigenvalue weighted by Crippen LogP contribution is 2.26. The highest BCUT2D eigenvalue weighted by atomic mass is 16.7. The molecule has 0 fully saturated rings. The molecule has 0 spiro atoms. The second-order valence-corrected chi connectivity index (χ2v) is 4.52. The van der Waals surface area contributed by atoms with Gasteiger partial charge in [-0.05, 0) is 25.5 Å². The van der Waals surface area contributed by atoms with Crippen molar-refractivity contribution in [2.45, 2.75) is 39.4 Å². The molecule has 0 radical (unpaired) electrons. The Hall–Kier alpha value is -1.26. The first-order valence-corrected chi connectivity index (χ1v) is 7.27. The minimum absolute atomic E-state index is 0.209. The third kappa shape index (κ3) is 6.78. The second-order valence-electron chi connectivity index (χ2n) is 4.52. The first-order chi connectivity index (χ1) is 9.77. The summed E-state index contributed by atoms with van der Waals surface area (Å²) < 4.78 is 21.8. The normalized spacial score (nSPS) is 12.2. The van der Waals surface area contributed by atoms with Gasteiger partial charge in [0.2, 0.25) is 0 Å². The summed E-state index contributed by atoms with van der Waals surface area (Å²) in [5.41, 5.74) is 0. The first-order valence-electron chi connectivity index (χ1n) is 7.27. The quantitative estimate of drug-likeness (QED) is 0.458. The van der Waals surface area contributed by atoms with E-state index >= 15 is 0 Å². The Kier molecular flexibility index (Phi) is 8.83. The molecule has 0 amide bonds. The van der Waals surface area contributed by atoms with Crippen LogP contribution in [-0.4, -0.2) is 33.2 Å². The zero-order chi connectivity index (χ0) is 14.6. The van der Waals surface area contributed by atoms with Crippen LogP contribution < -0.4 is 9.47 Å². The lowest BCUT2D eigenvalue weighted by atomic mass is 10.2. The number of methoxy groups -OCH3 is 1. The Morgan fingerprint density at radius 1 is 0.950 bits per heavy atom. The SMILES string of the molecule is CCCCCOc1ccccc1OCCOC(C)OC. The maximum absolute atomic E-state index is 5.75. The van der Waals surface area contributed by atoms with Gasteiger partial charge in [-0.3, -0.25) is 0 Å². The zero-order valence-electron chi connectivity index (χ0n) is 12.8. The highest BCUT2D eigenvalue weighted by Gasteiger charge is 2.04. The molecule has 0 aromatic heterocycles. The summed E-state index contributed by atoms with van der Waals surface area (Å²) in [6, 6.07) is 7.73. The summed E-state index contributed by atoms with van der Waals surface area (Å²) in [5, 5.41) is 0. The van der Waals surface area contributed by atoms with Crippen molar-refractivity contribution in [2.75, 3.05) is 26.9 Å². The lowest BCUT2D eigenvalue weighted by Crippen LogP contribution is -2.15. The van der Waals surface area contributed by atoms with Crippen molar-refractivity contribution >= 4 is 0 Å². The molecule has 0 aliphatic carbocycles. The van der Waals surface area contributed by atoms with Gasteiger partial charge in [0.1, 0.15) is 6.61 Å². The molecule has 1 aromatic rings. The maximum atomic E-state index is 5.75. The molecule has 0 heterocycles. The average Bonchev–Trinajstić information content (AvgIpc) is 2.49. The summed E-state index contributed by atoms with van der Waals surface area (Å²) in [6.07, 6.45) is 3.24. The molecule has 20 heavy (non-hydrogen) atoms. The van der Waals surface area contributed by atoms with Crippen LogP contribution in [0.2, 0.25) is 0 Å². The van der Waals surface area contributed by atoms with Crippen LogP contribution in [0.25, 0.3) is 0 Å². The van der Waals surface area contributed by atoms with Crippen LogP contribution in [0.3, 0.4) is 0 Å². The standard InChI is InChI=1S/C16H26O4/c1-4-5-8-11-19-15-9-6-7-10-16(15)20-13-12-18-14(2)17-3/h6-7,9-10,14H,4-5,8,11-13H2,1-3H3. The molecular weight excluding hydrogens is 256 g/mol. The lowest BCUT2D eigenvalue weighted by Gasteiger charge is -2.14. The van der Waals surface area contributed by atoms with Crippen molar-refractivity contribution in [3.05, 3.63) is 24.3 Å². The molecule has 114 valence electrons. The van der Waals surface area contributed by atoms with E-state index in [4.69, 9.17) is 18.9 Å². The first kappa shape index (κ1) is 16.8. The summed E-state index contributed by atoms with van der Waals surface area (Å²) in [5.74, 6) is 1.56. The molecule has 0 saturated heterocycles. The lowest BCUT2D eigenvalue weighted by molar-refractivity contribution is -0.115. The van der Waals surface area contributed by atoms with Crippen molar-refractivity contribution in [1.29, 1.82) is 0 Å². The van der Waals surface area contributed by atoms with E-state index in [0.29, 0.717) is 13.2 Å². The predicted octanol–water partition coefficient (Wildman–Crippen LogP) is 3.64. The monoisotopic (exact) mass is 282 g/mol. The van der Waals surface area contributed by atoms with E-state index in [9.17, 15) is 0 Å². The molecule has 1 unspecified atom stereocenters. The number of para-hydroxylation sites is 2. The van der Waals surface area contributed by atoms with Gasteiger partial charge in [0.05, 0.1) is 13.2 Å². The third-order valence-corrected chi connectivity index (χ3v) is 2.88. The van der Waals surface area contributed by atoms with E-state index in [1.54, 1.807) is 7.11 Å². The van der Waals surface area contributed by atoms with Gasteiger partial charge in [-0.2, -0.15) is 0 Å². The predicted molar refractivity (Wildman–Crippen MR) is 79.4 cm³/mol. The van der Waals surface area contributed by atoms with Crippen LogP contribution in [0, 0.1) is 0 Å². The number of unbranched alkanes of at least 4 members (excludes halogenated alkanes) is 2. The molecule has 0 saturated carbocycles. The van der Waals surface area contributed by atoms with Crippen LogP contribution in [0.1, 0.15) is 33.1 Å². The number of hydrogen-bond acceptors (Lipinski definition) is 4. The van der Waals surface area contributed by atoms with Crippen LogP contribution >= 0.6 is 0 Å². The fraction of sp³-hybridized carbons (Fsp3) is 0.625. The van der Waals surface area contributed by atoms with E-state index in [0.717, 1.165) is 24.5 Å². The van der Waals surface area contributed by atoms with E-state index in [-0.39, 0.29) is 6.29 Å². The molecule has 0 N–H and O–H groups in total. The van der Waals surface area contributed by atoms with Crippen LogP contribution in [-0.2, 0) is 9.47 Å². The number of hydrogen-bond donors (Lipinski definition) is 0. The van der Waals surface area contributed by atoms with E-state index < -0.39 is 0 Å². The average molecular weight is 282 g/mol. The third-order valence-electron chi connectivity index (χ3n) is 2.88. The minimum Gasteiger partial charge on any atom is -0.490 e. The Morgan fingerprint density at radius 3 is 2.20 bits per heavy atom. The van der Waals surface area contributed by atoms with Gasteiger partial charge in [0.15, 0.2) is 17.8 Å². The number of rotatable bonds is 11. The topological polar surface area (TPSA) is 36.9 Å². The Balaban J connectivity index is 2.33. The Bertz CT molecular complexity index is 354. The molecule has 0 bridgehead atoms. The number of ether oxygens (including phenoxy) is 4. The molecular formula is C16H26O4. The van der Waals surface area contributed by atoms with Gasteiger partial charge in [0.25, 0.3) is 0 Å². The highest BCUT2D eigenvalue weighted by molar-refractivity contribution is 5.39. The van der Waals surface area contributed by atoms with Gasteiger partial charge in [-0.25, -0.2) is 0 Å². The summed E-state index contributed by atoms with van der Waals surface area (Å²) in [6.45, 7) is 5.72. The van der Waals surface area contributed by atoms with Crippen molar-refractivity contribution in [3.63, 3.8) is 0 Å². The van der Waals surface area contributed by atoms with Gasteiger partial charge in [-0.1, -0.05) is 31.9 Å². The summed E-state index contributed by atoms with van der Waals surface area (Å²) in [7, 11) is 1.62. The van der Waals surface area contributed by atoms with Crippen LogP contribution in [0.4, 0.5) is 0 Å². The van der Waals surface area contributed by atoms with E-state index in [1.165, 1.54) is 12.8 Å². The fourth-order valence-electron chi connectivity index (χ4n) is 1.66. The van der Waals surface area contributed by atoms with Crippen LogP contribution in [0.15, 0.2) is 24.3 Å². The molecule has 4 heteroatoms. The van der Waals surface area contributed by atoms with Gasteiger partial charge >= 0.3 is 0 Å². The van der Waals surface area contributed by atoms with Crippen molar-refractivity contribution in [1.82, 2.24) is 0 Å². The Labute approximate surface area is 122 Å². The largest absolute Gasteiger partial charge is 0.490 e. The molecule has 0 aliphatic rings. The Morgan fingerprint density at radius 2 is 1.60 bits per heavy atom. The maximum Gasteiger partial charge on any atom is 0.161 e. The molecule has 0 aliphatic heterocycles. The van der Waals surface area contributed by atoms with Crippen LogP contribution in [0.5, 0.6) is 11.5 Å². The molecule has 1 atom stereocenters. The number of benzene rings is 1. The zero-order valence-corrected chi connectivity index (χ0v) is 12.8.